The maximum atomic E-state index is 12.6. The van der Waals surface area contributed by atoms with Crippen LogP contribution >= 0.6 is 0 Å². The minimum atomic E-state index is -0.193. The van der Waals surface area contributed by atoms with E-state index >= 15 is 0 Å². The van der Waals surface area contributed by atoms with Gasteiger partial charge in [0.1, 0.15) is 12.4 Å². The molecule has 0 bridgehead atoms. The van der Waals surface area contributed by atoms with Gasteiger partial charge in [-0.3, -0.25) is 4.90 Å². The standard InChI is InChI=1S/C33H41N7O3/c41-31-9-5-4-8-28(31)29-20-30-32(36-35-29)34-21-27-22-39(18-19-40(27)30)26-10-14-37(15-11-26)25-12-16-38(17-13-25)33(42)43-23-24-6-2-1-3-7-24/h1-9,20,25-27,41H,10-19,21-23H2,(H,34,36)/t27-/m0/s1. The van der Waals surface area contributed by atoms with E-state index in [9.17, 15) is 9.90 Å². The predicted molar refractivity (Wildman–Crippen MR) is 166 cm³/mol. The first-order chi connectivity index (χ1) is 21.1. The van der Waals surface area contributed by atoms with Gasteiger partial charge in [0.25, 0.3) is 0 Å². The second kappa shape index (κ2) is 12.4. The number of anilines is 2. The highest BCUT2D eigenvalue weighted by Crippen LogP contribution is 2.36. The Balaban J connectivity index is 0.887. The van der Waals surface area contributed by atoms with Gasteiger partial charge in [0.05, 0.1) is 17.4 Å². The van der Waals surface area contributed by atoms with E-state index in [0.29, 0.717) is 36.0 Å². The Bertz CT molecular complexity index is 1410. The number of phenols is 1. The molecular formula is C33H41N7O3. The summed E-state index contributed by atoms with van der Waals surface area (Å²) < 4.78 is 5.56. The third kappa shape index (κ3) is 5.99. The lowest BCUT2D eigenvalue weighted by Crippen LogP contribution is -2.61. The number of nitrogens with one attached hydrogen (secondary N) is 1. The summed E-state index contributed by atoms with van der Waals surface area (Å²) in [5, 5.41) is 22.7. The van der Waals surface area contributed by atoms with Gasteiger partial charge in [0, 0.05) is 56.9 Å². The van der Waals surface area contributed by atoms with Crippen LogP contribution in [0, 0.1) is 0 Å². The molecule has 2 aromatic carbocycles. The van der Waals surface area contributed by atoms with Crippen molar-refractivity contribution >= 4 is 17.6 Å². The molecule has 0 unspecified atom stereocenters. The minimum absolute atomic E-state index is 0.193. The van der Waals surface area contributed by atoms with E-state index in [1.54, 1.807) is 6.07 Å². The number of aromatic hydroxyl groups is 1. The topological polar surface area (TPSA) is 97.3 Å². The minimum Gasteiger partial charge on any atom is -0.507 e. The number of carbonyl (C=O) groups is 1. The predicted octanol–water partition coefficient (Wildman–Crippen LogP) is 4.03. The molecule has 1 amide bonds. The summed E-state index contributed by atoms with van der Waals surface area (Å²) in [6.07, 6.45) is 4.23. The Labute approximate surface area is 253 Å². The Morgan fingerprint density at radius 1 is 0.837 bits per heavy atom. The molecule has 0 spiro atoms. The van der Waals surface area contributed by atoms with Gasteiger partial charge in [-0.05, 0) is 62.5 Å². The fraction of sp³-hybridized carbons (Fsp3) is 0.485. The molecule has 226 valence electrons. The van der Waals surface area contributed by atoms with Crippen LogP contribution in [0.1, 0.15) is 31.2 Å². The van der Waals surface area contributed by atoms with Crippen molar-refractivity contribution in [3.8, 4) is 17.0 Å². The number of phenolic OH excluding ortho intramolecular Hbond substituents is 1. The van der Waals surface area contributed by atoms with Crippen molar-refractivity contribution in [1.29, 1.82) is 0 Å². The Morgan fingerprint density at radius 3 is 2.35 bits per heavy atom. The Hall–Kier alpha value is -3.89. The summed E-state index contributed by atoms with van der Waals surface area (Å²) in [6.45, 7) is 8.02. The maximum Gasteiger partial charge on any atom is 0.410 e. The summed E-state index contributed by atoms with van der Waals surface area (Å²) in [7, 11) is 0. The highest BCUT2D eigenvalue weighted by Gasteiger charge is 2.37. The van der Waals surface area contributed by atoms with Crippen LogP contribution in [-0.4, -0.2) is 107 Å². The molecule has 0 saturated carbocycles. The van der Waals surface area contributed by atoms with E-state index in [4.69, 9.17) is 4.74 Å². The molecule has 3 saturated heterocycles. The Morgan fingerprint density at radius 2 is 1.56 bits per heavy atom. The molecule has 7 rings (SSSR count). The van der Waals surface area contributed by atoms with Crippen molar-refractivity contribution in [2.75, 3.05) is 62.6 Å². The normalized spacial score (nSPS) is 22.0. The third-order valence-corrected chi connectivity index (χ3v) is 9.74. The lowest BCUT2D eigenvalue weighted by Gasteiger charge is -2.50. The molecule has 10 nitrogen and oxygen atoms in total. The molecule has 5 heterocycles. The van der Waals surface area contributed by atoms with E-state index < -0.39 is 0 Å². The number of piperazine rings is 1. The first-order valence-electron chi connectivity index (χ1n) is 15.7. The number of aromatic nitrogens is 2. The first-order valence-corrected chi connectivity index (χ1v) is 15.7. The lowest BCUT2D eigenvalue weighted by atomic mass is 9.95. The van der Waals surface area contributed by atoms with Crippen LogP contribution in [0.25, 0.3) is 11.3 Å². The molecule has 3 fully saturated rings. The van der Waals surface area contributed by atoms with E-state index in [0.717, 1.165) is 82.3 Å². The summed E-state index contributed by atoms with van der Waals surface area (Å²) in [5.74, 6) is 1.05. The van der Waals surface area contributed by atoms with E-state index in [1.807, 2.05) is 53.4 Å². The molecule has 3 aromatic rings. The SMILES string of the molecule is O=C(OCc1ccccc1)N1CCC(N2CCC(N3CCN4c5cc(-c6ccccc6O)nnc5NC[C@H]4C3)CC2)CC1. The van der Waals surface area contributed by atoms with Crippen molar-refractivity contribution in [1.82, 2.24) is 24.9 Å². The lowest BCUT2D eigenvalue weighted by molar-refractivity contribution is 0.0412. The summed E-state index contributed by atoms with van der Waals surface area (Å²) in [4.78, 5) is 22.3. The zero-order valence-electron chi connectivity index (χ0n) is 24.6. The van der Waals surface area contributed by atoms with Gasteiger partial charge in [0.2, 0.25) is 0 Å². The van der Waals surface area contributed by atoms with Crippen molar-refractivity contribution in [2.45, 2.75) is 50.4 Å². The first kappa shape index (κ1) is 27.9. The highest BCUT2D eigenvalue weighted by atomic mass is 16.6. The number of hydrogen-bond acceptors (Lipinski definition) is 9. The summed E-state index contributed by atoms with van der Waals surface area (Å²) >= 11 is 0. The zero-order chi connectivity index (χ0) is 29.2. The van der Waals surface area contributed by atoms with Gasteiger partial charge in [0.15, 0.2) is 5.82 Å². The van der Waals surface area contributed by atoms with Gasteiger partial charge >= 0.3 is 6.09 Å². The number of ether oxygens (including phenoxy) is 1. The summed E-state index contributed by atoms with van der Waals surface area (Å²) in [5.41, 5.74) is 3.50. The average molecular weight is 584 g/mol. The van der Waals surface area contributed by atoms with Crippen LogP contribution in [0.15, 0.2) is 60.7 Å². The van der Waals surface area contributed by atoms with Crippen molar-refractivity contribution < 1.29 is 14.6 Å². The van der Waals surface area contributed by atoms with Crippen LogP contribution in [0.3, 0.4) is 0 Å². The number of hydrogen-bond donors (Lipinski definition) is 2. The molecule has 0 aliphatic carbocycles. The number of amides is 1. The van der Waals surface area contributed by atoms with E-state index in [-0.39, 0.29) is 11.8 Å². The molecule has 0 radical (unpaired) electrons. The van der Waals surface area contributed by atoms with Crippen LogP contribution in [0.5, 0.6) is 5.75 Å². The number of likely N-dealkylation sites (tertiary alicyclic amines) is 2. The maximum absolute atomic E-state index is 12.6. The third-order valence-electron chi connectivity index (χ3n) is 9.74. The molecule has 2 N–H and O–H groups in total. The van der Waals surface area contributed by atoms with E-state index in [2.05, 4.69) is 36.3 Å². The number of carbonyl (C=O) groups excluding carboxylic acids is 1. The fourth-order valence-electron chi connectivity index (χ4n) is 7.31. The van der Waals surface area contributed by atoms with Gasteiger partial charge in [-0.15, -0.1) is 10.2 Å². The molecule has 43 heavy (non-hydrogen) atoms. The number of fused-ring (bicyclic) bond motifs is 3. The van der Waals surface area contributed by atoms with Crippen LogP contribution < -0.4 is 10.2 Å². The fourth-order valence-corrected chi connectivity index (χ4v) is 7.31. The second-order valence-electron chi connectivity index (χ2n) is 12.2. The molecule has 1 aromatic heterocycles. The number of para-hydroxylation sites is 1. The molecule has 4 aliphatic rings. The molecule has 4 aliphatic heterocycles. The van der Waals surface area contributed by atoms with Gasteiger partial charge in [-0.1, -0.05) is 42.5 Å². The van der Waals surface area contributed by atoms with Crippen LogP contribution in [-0.2, 0) is 11.3 Å². The molecule has 10 heteroatoms. The Kier molecular flexibility index (Phi) is 8.04. The number of nitrogens with zero attached hydrogens (tertiary/aromatic N) is 6. The number of piperidine rings is 2. The van der Waals surface area contributed by atoms with Gasteiger partial charge in [-0.2, -0.15) is 0 Å². The smallest absolute Gasteiger partial charge is 0.410 e. The second-order valence-corrected chi connectivity index (χ2v) is 12.2. The number of rotatable bonds is 5. The van der Waals surface area contributed by atoms with Gasteiger partial charge in [-0.25, -0.2) is 4.79 Å². The molecule has 1 atom stereocenters. The molecular weight excluding hydrogens is 542 g/mol. The van der Waals surface area contributed by atoms with E-state index in [1.165, 1.54) is 12.8 Å². The quantitative estimate of drug-likeness (QED) is 0.462. The van der Waals surface area contributed by atoms with Crippen LogP contribution in [0.4, 0.5) is 16.3 Å². The van der Waals surface area contributed by atoms with Crippen molar-refractivity contribution in [2.24, 2.45) is 0 Å². The van der Waals surface area contributed by atoms with Crippen molar-refractivity contribution in [3.63, 3.8) is 0 Å². The monoisotopic (exact) mass is 583 g/mol. The zero-order valence-corrected chi connectivity index (χ0v) is 24.6. The highest BCUT2D eigenvalue weighted by molar-refractivity contribution is 5.76. The summed E-state index contributed by atoms with van der Waals surface area (Å²) in [6, 6.07) is 20.8. The number of benzene rings is 2. The van der Waals surface area contributed by atoms with Crippen molar-refractivity contribution in [3.05, 3.63) is 66.2 Å². The average Bonchev–Trinajstić information content (AvgIpc) is 3.07. The van der Waals surface area contributed by atoms with Gasteiger partial charge < -0.3 is 29.9 Å². The van der Waals surface area contributed by atoms with Crippen LogP contribution in [0.2, 0.25) is 0 Å². The largest absolute Gasteiger partial charge is 0.507 e.